The highest BCUT2D eigenvalue weighted by Crippen LogP contribution is 2.08. The lowest BCUT2D eigenvalue weighted by Crippen LogP contribution is -2.47. The molecule has 4 N–H and O–H groups in total. The first kappa shape index (κ1) is 27.4. The summed E-state index contributed by atoms with van der Waals surface area (Å²) < 4.78 is 19.6. The molecule has 0 fully saturated rings. The summed E-state index contributed by atoms with van der Waals surface area (Å²) in [6, 6.07) is -2.73. The van der Waals surface area contributed by atoms with Crippen molar-refractivity contribution in [1.82, 2.24) is 10.6 Å². The average molecular weight is 436 g/mol. The minimum absolute atomic E-state index is 0.387. The standard InChI is InChI=1S/C18H32N2O10/c1-17(2,3)29-15(25)19-11(9-21)13(23)27-7-8-28-14(24)12(10-22)20-16(26)30-18(4,5)6/h11-12,21-22H,7-10H2,1-6H3,(H,19,25)(H,20,26). The van der Waals surface area contributed by atoms with Crippen LogP contribution in [-0.2, 0) is 28.5 Å². The molecule has 0 aromatic heterocycles. The predicted octanol–water partition coefficient (Wildman–Crippen LogP) is -0.156. The van der Waals surface area contributed by atoms with Crippen LogP contribution >= 0.6 is 0 Å². The normalized spacial score (nSPS) is 13.5. The second-order valence-electron chi connectivity index (χ2n) is 8.10. The van der Waals surface area contributed by atoms with Gasteiger partial charge in [0.25, 0.3) is 0 Å². The summed E-state index contributed by atoms with van der Waals surface area (Å²) >= 11 is 0. The zero-order valence-electron chi connectivity index (χ0n) is 18.1. The van der Waals surface area contributed by atoms with Gasteiger partial charge in [-0.1, -0.05) is 0 Å². The van der Waals surface area contributed by atoms with Crippen LogP contribution in [0.4, 0.5) is 9.59 Å². The van der Waals surface area contributed by atoms with Gasteiger partial charge in [0.15, 0.2) is 12.1 Å². The molecule has 2 unspecified atom stereocenters. The molecule has 0 saturated carbocycles. The summed E-state index contributed by atoms with van der Waals surface area (Å²) in [4.78, 5) is 47.1. The van der Waals surface area contributed by atoms with E-state index < -0.39 is 60.6 Å². The van der Waals surface area contributed by atoms with Crippen molar-refractivity contribution < 1.29 is 48.3 Å². The fourth-order valence-electron chi connectivity index (χ4n) is 1.74. The SMILES string of the molecule is CC(C)(C)OC(=O)NC(CO)C(=O)OCCOC(=O)C(CO)NC(=O)OC(C)(C)C. The van der Waals surface area contributed by atoms with E-state index in [1.54, 1.807) is 41.5 Å². The quantitative estimate of drug-likeness (QED) is 0.216. The Labute approximate surface area is 175 Å². The number of carbonyl (C=O) groups excluding carboxylic acids is 4. The minimum Gasteiger partial charge on any atom is -0.460 e. The molecule has 0 heterocycles. The molecule has 0 radical (unpaired) electrons. The summed E-state index contributed by atoms with van der Waals surface area (Å²) in [5.74, 6) is -1.94. The molecule has 12 heteroatoms. The van der Waals surface area contributed by atoms with E-state index in [-0.39, 0.29) is 13.2 Å². The third-order valence-corrected chi connectivity index (χ3v) is 2.89. The molecule has 30 heavy (non-hydrogen) atoms. The van der Waals surface area contributed by atoms with Gasteiger partial charge in [0.1, 0.15) is 24.4 Å². The predicted molar refractivity (Wildman–Crippen MR) is 102 cm³/mol. The Bertz CT molecular complexity index is 543. The molecule has 2 amide bonds. The number of alkyl carbamates (subject to hydrolysis) is 2. The molecule has 0 aliphatic heterocycles. The molecule has 0 aromatic carbocycles. The van der Waals surface area contributed by atoms with Gasteiger partial charge < -0.3 is 39.8 Å². The van der Waals surface area contributed by atoms with E-state index in [0.717, 1.165) is 0 Å². The highest BCUT2D eigenvalue weighted by molar-refractivity contribution is 5.82. The van der Waals surface area contributed by atoms with E-state index in [9.17, 15) is 29.4 Å². The number of amides is 2. The number of carbonyl (C=O) groups is 4. The fourth-order valence-corrected chi connectivity index (χ4v) is 1.74. The van der Waals surface area contributed by atoms with Crippen LogP contribution in [0.3, 0.4) is 0 Å². The number of rotatable bonds is 9. The number of hydrogen-bond acceptors (Lipinski definition) is 10. The summed E-state index contributed by atoms with van der Waals surface area (Å²) in [5.41, 5.74) is -1.59. The summed E-state index contributed by atoms with van der Waals surface area (Å²) in [6.07, 6.45) is -1.83. The zero-order valence-corrected chi connectivity index (χ0v) is 18.1. The number of ether oxygens (including phenoxy) is 4. The van der Waals surface area contributed by atoms with E-state index >= 15 is 0 Å². The van der Waals surface area contributed by atoms with Gasteiger partial charge in [-0.15, -0.1) is 0 Å². The van der Waals surface area contributed by atoms with E-state index in [1.165, 1.54) is 0 Å². The van der Waals surface area contributed by atoms with Crippen molar-refractivity contribution in [3.05, 3.63) is 0 Å². The Morgan fingerprint density at radius 1 is 0.700 bits per heavy atom. The third-order valence-electron chi connectivity index (χ3n) is 2.89. The minimum atomic E-state index is -1.37. The largest absolute Gasteiger partial charge is 0.460 e. The number of aliphatic hydroxyl groups excluding tert-OH is 2. The summed E-state index contributed by atoms with van der Waals surface area (Å²) in [6.45, 7) is 7.54. The van der Waals surface area contributed by atoms with Crippen molar-refractivity contribution in [3.8, 4) is 0 Å². The monoisotopic (exact) mass is 436 g/mol. The Morgan fingerprint density at radius 2 is 1.00 bits per heavy atom. The Hall–Kier alpha value is -2.60. The fraction of sp³-hybridized carbons (Fsp3) is 0.778. The Morgan fingerprint density at radius 3 is 1.23 bits per heavy atom. The lowest BCUT2D eigenvalue weighted by molar-refractivity contribution is -0.155. The van der Waals surface area contributed by atoms with Crippen LogP contribution < -0.4 is 10.6 Å². The Kier molecular flexibility index (Phi) is 11.1. The maximum Gasteiger partial charge on any atom is 0.408 e. The van der Waals surface area contributed by atoms with Crippen LogP contribution in [-0.4, -0.2) is 84.1 Å². The van der Waals surface area contributed by atoms with Gasteiger partial charge in [-0.05, 0) is 41.5 Å². The molecule has 0 spiro atoms. The first-order valence-corrected chi connectivity index (χ1v) is 9.22. The summed E-state index contributed by atoms with van der Waals surface area (Å²) in [5, 5.41) is 22.7. The van der Waals surface area contributed by atoms with Gasteiger partial charge in [-0.2, -0.15) is 0 Å². The van der Waals surface area contributed by atoms with Gasteiger partial charge in [-0.3, -0.25) is 0 Å². The van der Waals surface area contributed by atoms with Gasteiger partial charge in [0.05, 0.1) is 13.2 Å². The first-order valence-electron chi connectivity index (χ1n) is 9.22. The third kappa shape index (κ3) is 12.8. The van der Waals surface area contributed by atoms with Crippen LogP contribution in [0.25, 0.3) is 0 Å². The molecular formula is C18H32N2O10. The van der Waals surface area contributed by atoms with Crippen molar-refractivity contribution in [2.75, 3.05) is 26.4 Å². The molecular weight excluding hydrogens is 404 g/mol. The van der Waals surface area contributed by atoms with Gasteiger partial charge in [0, 0.05) is 0 Å². The molecule has 12 nitrogen and oxygen atoms in total. The average Bonchev–Trinajstić information content (AvgIpc) is 2.57. The van der Waals surface area contributed by atoms with E-state index in [0.29, 0.717) is 0 Å². The topological polar surface area (TPSA) is 170 Å². The van der Waals surface area contributed by atoms with Crippen molar-refractivity contribution in [3.63, 3.8) is 0 Å². The van der Waals surface area contributed by atoms with E-state index in [4.69, 9.17) is 18.9 Å². The zero-order chi connectivity index (χ0) is 23.5. The van der Waals surface area contributed by atoms with Crippen molar-refractivity contribution >= 4 is 24.1 Å². The summed E-state index contributed by atoms with van der Waals surface area (Å²) in [7, 11) is 0. The second kappa shape index (κ2) is 12.2. The number of aliphatic hydroxyl groups is 2. The van der Waals surface area contributed by atoms with Crippen molar-refractivity contribution in [2.24, 2.45) is 0 Å². The maximum atomic E-state index is 11.9. The maximum absolute atomic E-state index is 11.9. The molecule has 0 aliphatic carbocycles. The number of hydrogen-bond donors (Lipinski definition) is 4. The van der Waals surface area contributed by atoms with Crippen LogP contribution in [0, 0.1) is 0 Å². The van der Waals surface area contributed by atoms with E-state index in [2.05, 4.69) is 10.6 Å². The highest BCUT2D eigenvalue weighted by Gasteiger charge is 2.26. The molecule has 0 aliphatic rings. The van der Waals surface area contributed by atoms with Crippen LogP contribution in [0.15, 0.2) is 0 Å². The van der Waals surface area contributed by atoms with Crippen LogP contribution in [0.5, 0.6) is 0 Å². The lowest BCUT2D eigenvalue weighted by Gasteiger charge is -2.22. The Balaban J connectivity index is 4.39. The molecule has 2 atom stereocenters. The smallest absolute Gasteiger partial charge is 0.408 e. The number of nitrogens with one attached hydrogen (secondary N) is 2. The molecule has 0 bridgehead atoms. The molecule has 0 saturated heterocycles. The van der Waals surface area contributed by atoms with Crippen molar-refractivity contribution in [1.29, 1.82) is 0 Å². The van der Waals surface area contributed by atoms with E-state index in [1.807, 2.05) is 0 Å². The molecule has 0 aromatic rings. The lowest BCUT2D eigenvalue weighted by atomic mass is 10.2. The van der Waals surface area contributed by atoms with Crippen molar-refractivity contribution in [2.45, 2.75) is 64.8 Å². The van der Waals surface area contributed by atoms with Gasteiger partial charge in [0.2, 0.25) is 0 Å². The molecule has 0 rings (SSSR count). The highest BCUT2D eigenvalue weighted by atomic mass is 16.6. The van der Waals surface area contributed by atoms with Crippen LogP contribution in [0.1, 0.15) is 41.5 Å². The van der Waals surface area contributed by atoms with Gasteiger partial charge in [-0.25, -0.2) is 19.2 Å². The number of esters is 2. The molecule has 174 valence electrons. The van der Waals surface area contributed by atoms with Crippen LogP contribution in [0.2, 0.25) is 0 Å². The first-order chi connectivity index (χ1) is 13.7. The second-order valence-corrected chi connectivity index (χ2v) is 8.10. The van der Waals surface area contributed by atoms with Gasteiger partial charge >= 0.3 is 24.1 Å².